The van der Waals surface area contributed by atoms with Gasteiger partial charge in [-0.1, -0.05) is 29.8 Å². The molecular weight excluding hydrogens is 625 g/mol. The van der Waals surface area contributed by atoms with Gasteiger partial charge in [0.1, 0.15) is 41.9 Å². The molecule has 2 atom stereocenters. The number of ketones is 1. The molecule has 0 saturated heterocycles. The molecule has 4 rings (SSSR count). The highest BCUT2D eigenvalue weighted by Crippen LogP contribution is 2.26. The van der Waals surface area contributed by atoms with E-state index in [9.17, 15) is 28.7 Å². The Morgan fingerprint density at radius 3 is 2.50 bits per heavy atom. The average molecular weight is 662 g/mol. The molecule has 0 aliphatic carbocycles. The van der Waals surface area contributed by atoms with Crippen LogP contribution in [0.25, 0.3) is 11.4 Å². The van der Waals surface area contributed by atoms with E-state index >= 15 is 0 Å². The van der Waals surface area contributed by atoms with Crippen molar-refractivity contribution in [2.45, 2.75) is 44.8 Å². The van der Waals surface area contributed by atoms with Crippen LogP contribution in [0.2, 0.25) is 0 Å². The Morgan fingerprint density at radius 1 is 1.00 bits per heavy atom. The first-order valence-corrected chi connectivity index (χ1v) is 15.1. The van der Waals surface area contributed by atoms with Crippen LogP contribution in [0.5, 0.6) is 11.5 Å². The van der Waals surface area contributed by atoms with Crippen molar-refractivity contribution in [2.75, 3.05) is 20.3 Å². The number of amides is 1. The summed E-state index contributed by atoms with van der Waals surface area (Å²) in [7, 11) is 1.15. The molecule has 2 heterocycles. The summed E-state index contributed by atoms with van der Waals surface area (Å²) >= 11 is 0. The van der Waals surface area contributed by atoms with Crippen molar-refractivity contribution in [3.05, 3.63) is 101 Å². The number of ether oxygens (including phenoxy) is 3. The number of aliphatic hydroxyl groups excluding tert-OH is 2. The molecule has 2 aromatic heterocycles. The number of rotatable bonds is 16. The summed E-state index contributed by atoms with van der Waals surface area (Å²) in [6.45, 7) is 0.879. The number of halogens is 1. The molecule has 4 aromatic rings. The van der Waals surface area contributed by atoms with Gasteiger partial charge < -0.3 is 34.7 Å². The normalized spacial score (nSPS) is 12.1. The molecule has 0 saturated carbocycles. The van der Waals surface area contributed by atoms with Crippen LogP contribution < -0.4 is 10.1 Å². The van der Waals surface area contributed by atoms with Crippen molar-refractivity contribution in [1.29, 1.82) is 0 Å². The highest BCUT2D eigenvalue weighted by Gasteiger charge is 2.24. The molecule has 12 nitrogen and oxygen atoms in total. The Hall–Kier alpha value is -5.40. The Bertz CT molecular complexity index is 1740. The first-order valence-electron chi connectivity index (χ1n) is 15.1. The minimum absolute atomic E-state index is 0.00908. The zero-order valence-electron chi connectivity index (χ0n) is 26.4. The van der Waals surface area contributed by atoms with E-state index in [1.807, 2.05) is 6.92 Å². The predicted molar refractivity (Wildman–Crippen MR) is 171 cm³/mol. The monoisotopic (exact) mass is 661 g/mol. The number of methoxy groups -OCH3 is 1. The summed E-state index contributed by atoms with van der Waals surface area (Å²) in [5, 5.41) is 20.7. The van der Waals surface area contributed by atoms with Crippen molar-refractivity contribution >= 4 is 23.6 Å². The fraction of sp³-hybridized carbons (Fsp3) is 0.286. The van der Waals surface area contributed by atoms with Gasteiger partial charge in [0, 0.05) is 37.7 Å². The van der Waals surface area contributed by atoms with Gasteiger partial charge in [-0.25, -0.2) is 9.18 Å². The Labute approximate surface area is 275 Å². The van der Waals surface area contributed by atoms with Gasteiger partial charge in [-0.15, -0.1) is 0 Å². The second kappa shape index (κ2) is 17.0. The van der Waals surface area contributed by atoms with Crippen LogP contribution in [0.3, 0.4) is 0 Å². The Kier molecular flexibility index (Phi) is 12.5. The summed E-state index contributed by atoms with van der Waals surface area (Å²) in [6, 6.07) is 15.4. The lowest BCUT2D eigenvalue weighted by molar-refractivity contribution is -0.148. The molecule has 0 fully saturated rings. The van der Waals surface area contributed by atoms with Crippen LogP contribution in [-0.2, 0) is 36.7 Å². The summed E-state index contributed by atoms with van der Waals surface area (Å²) in [5.41, 5.74) is 3.18. The lowest BCUT2D eigenvalue weighted by atomic mass is 10.0. The lowest BCUT2D eigenvalue weighted by Gasteiger charge is -2.16. The maximum Gasteiger partial charge on any atom is 0.328 e. The SMILES string of the molecule is COC(=O)[C@H](CCC(=O)OCC(O)CO)NC(=O)c1c[nH]c(-c2cc(Oc3ccc(CC(=O)Cc4cc(C)ccc4F)cc3)ccn2)c1. The highest BCUT2D eigenvalue weighted by atomic mass is 19.1. The zero-order chi connectivity index (χ0) is 34.6. The number of hydrogen-bond acceptors (Lipinski definition) is 10. The topological polar surface area (TPSA) is 177 Å². The van der Waals surface area contributed by atoms with Crippen LogP contribution >= 0.6 is 0 Å². The van der Waals surface area contributed by atoms with Crippen molar-refractivity contribution < 1.29 is 48.0 Å². The van der Waals surface area contributed by atoms with Crippen LogP contribution in [0.15, 0.2) is 73.1 Å². The molecule has 0 radical (unpaired) electrons. The van der Waals surface area contributed by atoms with Gasteiger partial charge in [-0.2, -0.15) is 0 Å². The second-order valence-corrected chi connectivity index (χ2v) is 11.0. The van der Waals surface area contributed by atoms with E-state index < -0.39 is 49.0 Å². The number of nitrogens with one attached hydrogen (secondary N) is 2. The number of Topliss-reactive ketones (excluding diaryl/α,β-unsaturated/α-hetero) is 1. The number of aromatic amines is 1. The number of hydrogen-bond donors (Lipinski definition) is 4. The fourth-order valence-electron chi connectivity index (χ4n) is 4.66. The van der Waals surface area contributed by atoms with Crippen molar-refractivity contribution in [3.8, 4) is 22.9 Å². The number of carbonyl (C=O) groups excluding carboxylic acids is 4. The molecule has 1 amide bonds. The molecule has 1 unspecified atom stereocenters. The average Bonchev–Trinajstić information content (AvgIpc) is 3.58. The number of nitrogens with zero attached hydrogens (tertiary/aromatic N) is 1. The third kappa shape index (κ3) is 10.3. The van der Waals surface area contributed by atoms with Gasteiger partial charge in [0.05, 0.1) is 30.7 Å². The third-order valence-corrected chi connectivity index (χ3v) is 7.18. The summed E-state index contributed by atoms with van der Waals surface area (Å²) < 4.78 is 29.6. The summed E-state index contributed by atoms with van der Waals surface area (Å²) in [6.07, 6.45) is 1.56. The first kappa shape index (κ1) is 35.5. The molecule has 4 N–H and O–H groups in total. The Balaban J connectivity index is 1.33. The van der Waals surface area contributed by atoms with Gasteiger partial charge in [0.15, 0.2) is 0 Å². The van der Waals surface area contributed by atoms with E-state index in [-0.39, 0.29) is 37.0 Å². The first-order chi connectivity index (χ1) is 23.0. The van der Waals surface area contributed by atoms with Gasteiger partial charge in [-0.3, -0.25) is 19.4 Å². The summed E-state index contributed by atoms with van der Waals surface area (Å²) in [4.78, 5) is 57.0. The lowest BCUT2D eigenvalue weighted by Crippen LogP contribution is -2.41. The van der Waals surface area contributed by atoms with Gasteiger partial charge in [0.2, 0.25) is 0 Å². The van der Waals surface area contributed by atoms with Crippen LogP contribution in [0, 0.1) is 12.7 Å². The molecule has 2 aromatic carbocycles. The smallest absolute Gasteiger partial charge is 0.328 e. The van der Waals surface area contributed by atoms with Crippen molar-refractivity contribution in [2.24, 2.45) is 0 Å². The molecule has 252 valence electrons. The maximum absolute atomic E-state index is 14.0. The number of H-pyrrole nitrogens is 1. The number of esters is 2. The van der Waals surface area contributed by atoms with Crippen LogP contribution in [0.4, 0.5) is 4.39 Å². The van der Waals surface area contributed by atoms with Gasteiger partial charge in [0.25, 0.3) is 5.91 Å². The highest BCUT2D eigenvalue weighted by molar-refractivity contribution is 5.97. The minimum Gasteiger partial charge on any atom is -0.467 e. The van der Waals surface area contributed by atoms with E-state index in [2.05, 4.69) is 15.3 Å². The van der Waals surface area contributed by atoms with E-state index in [0.717, 1.165) is 18.2 Å². The number of aliphatic hydroxyl groups is 2. The van der Waals surface area contributed by atoms with Crippen LogP contribution in [-0.4, -0.2) is 76.3 Å². The number of aromatic nitrogens is 2. The second-order valence-electron chi connectivity index (χ2n) is 11.0. The Morgan fingerprint density at radius 2 is 1.77 bits per heavy atom. The fourth-order valence-corrected chi connectivity index (χ4v) is 4.66. The van der Waals surface area contributed by atoms with Gasteiger partial charge in [-0.05, 0) is 54.8 Å². The van der Waals surface area contributed by atoms with Crippen molar-refractivity contribution in [1.82, 2.24) is 15.3 Å². The van der Waals surface area contributed by atoms with E-state index in [1.165, 1.54) is 24.5 Å². The van der Waals surface area contributed by atoms with Crippen molar-refractivity contribution in [3.63, 3.8) is 0 Å². The number of carbonyl (C=O) groups is 4. The number of pyridine rings is 1. The molecule has 48 heavy (non-hydrogen) atoms. The van der Waals surface area contributed by atoms with E-state index in [1.54, 1.807) is 48.5 Å². The zero-order valence-corrected chi connectivity index (χ0v) is 26.4. The molecule has 0 aliphatic heterocycles. The van der Waals surface area contributed by atoms with Gasteiger partial charge >= 0.3 is 11.9 Å². The third-order valence-electron chi connectivity index (χ3n) is 7.18. The van der Waals surface area contributed by atoms with Crippen LogP contribution in [0.1, 0.15) is 39.9 Å². The minimum atomic E-state index is -1.21. The molecule has 13 heteroatoms. The van der Waals surface area contributed by atoms with E-state index in [0.29, 0.717) is 28.5 Å². The molecule has 0 bridgehead atoms. The standard InChI is InChI=1S/C35H36FN3O9/c1-21-3-8-29(36)23(13-21)15-25(41)14-22-4-6-27(7-5-22)48-28-11-12-37-32(17-28)31-16-24(18-38-31)34(44)39-30(35(45)46-2)9-10-33(43)47-20-26(42)19-40/h3-8,11-13,16-18,26,30,38,40,42H,9-10,14-15,19-20H2,1-2H3,(H,39,44)/t26?,30-/m0/s1. The quantitative estimate of drug-likeness (QED) is 0.130. The summed E-state index contributed by atoms with van der Waals surface area (Å²) in [5.74, 6) is -1.61. The number of benzene rings is 2. The largest absolute Gasteiger partial charge is 0.467 e. The number of aryl methyl sites for hydroxylation is 1. The maximum atomic E-state index is 14.0. The predicted octanol–water partition coefficient (Wildman–Crippen LogP) is 3.62. The molecule has 0 spiro atoms. The van der Waals surface area contributed by atoms with E-state index in [4.69, 9.17) is 19.3 Å². The molecule has 0 aliphatic rings. The molecular formula is C35H36FN3O9.